The number of nitriles is 1. The van der Waals surface area contributed by atoms with E-state index >= 15 is 0 Å². The lowest BCUT2D eigenvalue weighted by Crippen LogP contribution is -2.06. The largest absolute Gasteiger partial charge is 0.494 e. The van der Waals surface area contributed by atoms with Crippen LogP contribution in [0.3, 0.4) is 0 Å². The Morgan fingerprint density at radius 3 is 2.47 bits per heavy atom. The van der Waals surface area contributed by atoms with Crippen molar-refractivity contribution in [2.24, 2.45) is 0 Å². The van der Waals surface area contributed by atoms with E-state index in [2.05, 4.69) is 18.7 Å². The van der Waals surface area contributed by atoms with Gasteiger partial charge in [-0.25, -0.2) is 4.79 Å². The highest BCUT2D eigenvalue weighted by molar-refractivity contribution is 5.90. The summed E-state index contributed by atoms with van der Waals surface area (Å²) in [5.74, 6) is 1.42. The van der Waals surface area contributed by atoms with Crippen molar-refractivity contribution < 1.29 is 19.0 Å². The molecule has 5 nitrogen and oxygen atoms in total. The molecule has 1 heterocycles. The molecule has 0 unspecified atom stereocenters. The first-order valence-corrected chi connectivity index (χ1v) is 12.0. The minimum atomic E-state index is -0.306. The van der Waals surface area contributed by atoms with Gasteiger partial charge < -0.3 is 14.2 Å². The van der Waals surface area contributed by atoms with Gasteiger partial charge in [0, 0.05) is 12.0 Å². The molecular weight excluding hydrogens is 426 g/mol. The summed E-state index contributed by atoms with van der Waals surface area (Å²) in [6.45, 7) is 7.09. The molecule has 0 bridgehead atoms. The Kier molecular flexibility index (Phi) is 9.79. The van der Waals surface area contributed by atoms with Crippen LogP contribution in [-0.2, 0) is 16.0 Å². The van der Waals surface area contributed by atoms with Crippen molar-refractivity contribution in [2.45, 2.75) is 51.9 Å². The number of hydrogen-bond acceptors (Lipinski definition) is 5. The van der Waals surface area contributed by atoms with Gasteiger partial charge in [-0.15, -0.1) is 0 Å². The average Bonchev–Trinajstić information content (AvgIpc) is 3.32. The van der Waals surface area contributed by atoms with Gasteiger partial charge in [0.25, 0.3) is 0 Å². The molecule has 0 amide bonds. The van der Waals surface area contributed by atoms with Crippen LogP contribution in [0, 0.1) is 11.3 Å². The molecule has 0 saturated heterocycles. The minimum Gasteiger partial charge on any atom is -0.494 e. The summed E-state index contributed by atoms with van der Waals surface area (Å²) in [6, 6.07) is 16.1. The highest BCUT2D eigenvalue weighted by atomic mass is 16.5. The van der Waals surface area contributed by atoms with Crippen molar-refractivity contribution in [1.82, 2.24) is 0 Å². The Morgan fingerprint density at radius 2 is 1.76 bits per heavy atom. The van der Waals surface area contributed by atoms with Crippen molar-refractivity contribution in [2.75, 3.05) is 19.8 Å². The minimum absolute atomic E-state index is 0.306. The Bertz CT molecular complexity index is 1050. The Labute approximate surface area is 202 Å². The molecule has 1 aliphatic heterocycles. The van der Waals surface area contributed by atoms with Gasteiger partial charge in [0.1, 0.15) is 11.5 Å². The average molecular weight is 460 g/mol. The van der Waals surface area contributed by atoms with E-state index in [1.807, 2.05) is 42.5 Å². The van der Waals surface area contributed by atoms with Gasteiger partial charge in [-0.1, -0.05) is 44.4 Å². The second-order valence-electron chi connectivity index (χ2n) is 8.55. The van der Waals surface area contributed by atoms with E-state index in [4.69, 9.17) is 14.2 Å². The maximum absolute atomic E-state index is 11.3. The van der Waals surface area contributed by atoms with Gasteiger partial charge in [-0.3, -0.25) is 0 Å². The molecule has 2 aromatic carbocycles. The number of ether oxygens (including phenoxy) is 3. The first-order valence-electron chi connectivity index (χ1n) is 12.0. The van der Waals surface area contributed by atoms with Gasteiger partial charge in [-0.2, -0.15) is 5.26 Å². The van der Waals surface area contributed by atoms with Crippen LogP contribution in [0.2, 0.25) is 0 Å². The highest BCUT2D eigenvalue weighted by Gasteiger charge is 2.12. The summed E-state index contributed by atoms with van der Waals surface area (Å²) >= 11 is 0. The molecule has 0 saturated carbocycles. The Balaban J connectivity index is 1.34. The molecule has 1 aliphatic rings. The molecule has 178 valence electrons. The number of unbranched alkanes of at least 4 members (excludes halogenated alkanes) is 5. The second kappa shape index (κ2) is 13.3. The summed E-state index contributed by atoms with van der Waals surface area (Å²) in [5, 5.41) is 9.64. The van der Waals surface area contributed by atoms with E-state index in [0.29, 0.717) is 24.4 Å². The molecule has 5 heteroatoms. The number of carbonyl (C=O) groups is 1. The van der Waals surface area contributed by atoms with Gasteiger partial charge >= 0.3 is 5.97 Å². The maximum Gasteiger partial charge on any atom is 0.333 e. The van der Waals surface area contributed by atoms with E-state index in [-0.39, 0.29) is 5.97 Å². The first-order chi connectivity index (χ1) is 16.6. The zero-order chi connectivity index (χ0) is 24.2. The number of hydrogen-bond donors (Lipinski definition) is 0. The third-order valence-corrected chi connectivity index (χ3v) is 5.71. The van der Waals surface area contributed by atoms with Crippen LogP contribution in [0.5, 0.6) is 11.5 Å². The lowest BCUT2D eigenvalue weighted by Gasteiger charge is -2.08. The van der Waals surface area contributed by atoms with E-state index in [1.165, 1.54) is 5.56 Å². The number of rotatable bonds is 13. The smallest absolute Gasteiger partial charge is 0.333 e. The van der Waals surface area contributed by atoms with Gasteiger partial charge in [0.05, 0.1) is 31.5 Å². The molecular formula is C29H33NO4. The summed E-state index contributed by atoms with van der Waals surface area (Å²) in [6.07, 6.45) is 9.15. The molecule has 2 aromatic rings. The number of esters is 1. The highest BCUT2D eigenvalue weighted by Crippen LogP contribution is 2.28. The van der Waals surface area contributed by atoms with Crippen LogP contribution in [0.15, 0.2) is 54.6 Å². The predicted octanol–water partition coefficient (Wildman–Crippen LogP) is 6.52. The van der Waals surface area contributed by atoms with Crippen molar-refractivity contribution in [1.29, 1.82) is 5.26 Å². The van der Waals surface area contributed by atoms with E-state index in [1.54, 1.807) is 6.92 Å². The number of nitrogens with zero attached hydrogens (tertiary/aromatic N) is 1. The topological polar surface area (TPSA) is 68.5 Å². The quantitative estimate of drug-likeness (QED) is 0.112. The fourth-order valence-corrected chi connectivity index (χ4v) is 3.74. The van der Waals surface area contributed by atoms with Crippen molar-refractivity contribution in [3.8, 4) is 17.6 Å². The molecule has 0 aliphatic carbocycles. The third-order valence-electron chi connectivity index (χ3n) is 5.71. The van der Waals surface area contributed by atoms with Crippen LogP contribution in [0.4, 0.5) is 0 Å². The van der Waals surface area contributed by atoms with Gasteiger partial charge in [-0.05, 0) is 72.9 Å². The Morgan fingerprint density at radius 1 is 1.06 bits per heavy atom. The van der Waals surface area contributed by atoms with Crippen molar-refractivity contribution in [3.63, 3.8) is 0 Å². The van der Waals surface area contributed by atoms with Crippen LogP contribution < -0.4 is 9.47 Å². The van der Waals surface area contributed by atoms with E-state index < -0.39 is 0 Å². The maximum atomic E-state index is 11.3. The molecule has 0 N–H and O–H groups in total. The molecule has 0 aromatic heterocycles. The number of fused-ring (bicyclic) bond motifs is 1. The van der Waals surface area contributed by atoms with Crippen LogP contribution in [0.1, 0.15) is 62.1 Å². The fourth-order valence-electron chi connectivity index (χ4n) is 3.74. The molecule has 0 radical (unpaired) electrons. The molecule has 0 spiro atoms. The summed E-state index contributed by atoms with van der Waals surface area (Å²) < 4.78 is 16.6. The first kappa shape index (κ1) is 25.1. The molecule has 3 rings (SSSR count). The van der Waals surface area contributed by atoms with Crippen LogP contribution >= 0.6 is 0 Å². The van der Waals surface area contributed by atoms with Crippen LogP contribution in [0.25, 0.3) is 11.6 Å². The number of benzene rings is 2. The molecule has 0 atom stereocenters. The Hall–Kier alpha value is -3.52. The summed E-state index contributed by atoms with van der Waals surface area (Å²) in [7, 11) is 0. The monoisotopic (exact) mass is 459 g/mol. The molecule has 0 fully saturated rings. The van der Waals surface area contributed by atoms with E-state index in [9.17, 15) is 10.1 Å². The molecule has 34 heavy (non-hydrogen) atoms. The normalized spacial score (nSPS) is 12.4. The van der Waals surface area contributed by atoms with Crippen LogP contribution in [-0.4, -0.2) is 25.8 Å². The van der Waals surface area contributed by atoms with Crippen molar-refractivity contribution in [3.05, 3.63) is 71.3 Å². The van der Waals surface area contributed by atoms with E-state index in [0.717, 1.165) is 74.2 Å². The zero-order valence-corrected chi connectivity index (χ0v) is 20.0. The number of allylic oxidation sites excluding steroid dienone is 1. The second-order valence-corrected chi connectivity index (χ2v) is 8.55. The zero-order valence-electron chi connectivity index (χ0n) is 20.0. The predicted molar refractivity (Wildman–Crippen MR) is 135 cm³/mol. The number of carbonyl (C=O) groups excluding carboxylic acids is 1. The van der Waals surface area contributed by atoms with Gasteiger partial charge in [0.15, 0.2) is 0 Å². The third kappa shape index (κ3) is 7.81. The lowest BCUT2D eigenvalue weighted by molar-refractivity contribution is -0.139. The standard InChI is InChI=1S/C29H33NO4/c1-22(2)29(31)34-17-8-6-4-3-5-7-16-32-27-13-11-24(12-14-27)26(21-30)19-23-9-10-25-15-18-33-28(25)20-23/h9-14,19-20H,1,3-8,15-18H2,2H3. The fraction of sp³-hybridized carbons (Fsp3) is 0.379. The van der Waals surface area contributed by atoms with Crippen molar-refractivity contribution >= 4 is 17.6 Å². The summed E-state index contributed by atoms with van der Waals surface area (Å²) in [5.41, 5.74) is 4.11. The lowest BCUT2D eigenvalue weighted by atomic mass is 10.0. The summed E-state index contributed by atoms with van der Waals surface area (Å²) in [4.78, 5) is 11.3. The van der Waals surface area contributed by atoms with Gasteiger partial charge in [0.2, 0.25) is 0 Å². The SMILES string of the molecule is C=C(C)C(=O)OCCCCCCCCOc1ccc(C(C#N)=Cc2ccc3c(c2)OCC3)cc1.